The summed E-state index contributed by atoms with van der Waals surface area (Å²) in [5.41, 5.74) is 5.85. The van der Waals surface area contributed by atoms with Crippen molar-refractivity contribution in [2.45, 2.75) is 66.2 Å². The molecule has 2 aromatic carbocycles. The van der Waals surface area contributed by atoms with E-state index in [0.717, 1.165) is 86.4 Å². The molecule has 2 atom stereocenters. The molecular weight excluding hydrogens is 945 g/mol. The fourth-order valence-electron chi connectivity index (χ4n) is 9.85. The summed E-state index contributed by atoms with van der Waals surface area (Å²) in [6.45, 7) is 22.9. The van der Waals surface area contributed by atoms with Gasteiger partial charge in [0.05, 0.1) is 107 Å². The number of carbonyl (C=O) groups is 1. The second-order valence-electron chi connectivity index (χ2n) is 20.0. The molecule has 10 rings (SSSR count). The lowest BCUT2D eigenvalue weighted by Crippen LogP contribution is -2.55. The van der Waals surface area contributed by atoms with E-state index in [0.29, 0.717) is 86.1 Å². The van der Waals surface area contributed by atoms with E-state index in [1.165, 1.54) is 12.1 Å². The molecule has 0 bridgehead atoms. The summed E-state index contributed by atoms with van der Waals surface area (Å²) in [4.78, 5) is 41.3. The van der Waals surface area contributed by atoms with Gasteiger partial charge in [0, 0.05) is 113 Å². The third-order valence-electron chi connectivity index (χ3n) is 13.4. The maximum absolute atomic E-state index is 15.2. The molecule has 0 aliphatic carbocycles. The highest BCUT2D eigenvalue weighted by atomic mass is 19.1. The largest absolute Gasteiger partial charge is 0.444 e. The zero-order chi connectivity index (χ0) is 51.6. The second-order valence-corrected chi connectivity index (χ2v) is 20.0. The number of nitrogens with one attached hydrogen (secondary N) is 3. The zero-order valence-electron chi connectivity index (χ0n) is 42.5. The topological polar surface area (TPSA) is 149 Å². The Bertz CT molecular complexity index is 2970. The van der Waals surface area contributed by atoms with Crippen molar-refractivity contribution in [3.05, 3.63) is 95.6 Å². The number of pyridine rings is 4. The van der Waals surface area contributed by atoms with Crippen molar-refractivity contribution in [2.75, 3.05) is 122 Å². The number of carbonyl (C=O) groups excluding carboxylic acids is 1. The van der Waals surface area contributed by atoms with Crippen LogP contribution < -0.4 is 35.6 Å². The molecule has 4 aromatic heterocycles. The molecule has 0 spiro atoms. The van der Waals surface area contributed by atoms with Gasteiger partial charge >= 0.3 is 6.09 Å². The van der Waals surface area contributed by atoms with Crippen LogP contribution in [0.3, 0.4) is 0 Å². The van der Waals surface area contributed by atoms with Crippen molar-refractivity contribution in [1.29, 1.82) is 0 Å². The average Bonchev–Trinajstić information content (AvgIpc) is 3.35. The molecule has 0 unspecified atom stereocenters. The van der Waals surface area contributed by atoms with E-state index in [-0.39, 0.29) is 28.4 Å². The molecule has 20 heteroatoms. The lowest BCUT2D eigenvalue weighted by molar-refractivity contribution is 0.0158. The van der Waals surface area contributed by atoms with Crippen molar-refractivity contribution in [3.63, 3.8) is 0 Å². The molecule has 3 N–H and O–H groups in total. The van der Waals surface area contributed by atoms with E-state index in [1.807, 2.05) is 59.9 Å². The standard InChI is InChI=1S/C29H36F2N6O3.C24H28F2N6O/c1-18-17-36(6-7-37(18)28(38)40-29(3,4)5)27-19(2)26(25-23(31)12-20(30)13-24(25)34-27)33-21-14-22(16-32-15-21)35-8-10-39-11-9-35;1-15-14-32(4-3-28-15)24-16(2)23(22-20(26)9-17(25)10-21(22)30-24)29-18-11-19(13-27-12-18)31-5-7-33-8-6-31/h12-16,18H,6-11,17H2,1-5H3,(H,33,34);9-13,15,28H,3-8,14H2,1-2H3,(H,29,30)/t18-;15-/m11/s1. The first kappa shape index (κ1) is 51.1. The molecule has 0 radical (unpaired) electrons. The second kappa shape index (κ2) is 21.8. The molecule has 16 nitrogen and oxygen atoms in total. The van der Waals surface area contributed by atoms with Crippen LogP contribution in [0.4, 0.5) is 68.1 Å². The van der Waals surface area contributed by atoms with E-state index in [9.17, 15) is 13.6 Å². The van der Waals surface area contributed by atoms with Crippen LogP contribution in [0.5, 0.6) is 0 Å². The Labute approximate surface area is 423 Å². The Morgan fingerprint density at radius 2 is 1.12 bits per heavy atom. The molecule has 73 heavy (non-hydrogen) atoms. The third kappa shape index (κ3) is 11.7. The molecule has 6 aromatic rings. The van der Waals surface area contributed by atoms with Gasteiger partial charge in [-0.05, 0) is 60.6 Å². The lowest BCUT2D eigenvalue weighted by Gasteiger charge is -2.41. The molecule has 4 aliphatic heterocycles. The summed E-state index contributed by atoms with van der Waals surface area (Å²) in [5.74, 6) is -1.33. The van der Waals surface area contributed by atoms with E-state index >= 15 is 8.78 Å². The summed E-state index contributed by atoms with van der Waals surface area (Å²) in [6, 6.07) is 8.42. The quantitative estimate of drug-likeness (QED) is 0.125. The van der Waals surface area contributed by atoms with Gasteiger partial charge in [-0.1, -0.05) is 0 Å². The Kier molecular flexibility index (Phi) is 15.2. The smallest absolute Gasteiger partial charge is 0.410 e. The predicted molar refractivity (Wildman–Crippen MR) is 278 cm³/mol. The molecule has 388 valence electrons. The number of hydrogen-bond acceptors (Lipinski definition) is 15. The lowest BCUT2D eigenvalue weighted by atomic mass is 10.1. The van der Waals surface area contributed by atoms with Crippen molar-refractivity contribution in [3.8, 4) is 0 Å². The van der Waals surface area contributed by atoms with Crippen LogP contribution in [0, 0.1) is 37.1 Å². The van der Waals surface area contributed by atoms with Gasteiger partial charge in [0.2, 0.25) is 0 Å². The van der Waals surface area contributed by atoms with E-state index in [2.05, 4.69) is 57.4 Å². The van der Waals surface area contributed by atoms with E-state index in [4.69, 9.17) is 19.2 Å². The number of halogens is 4. The van der Waals surface area contributed by atoms with Crippen LogP contribution in [0.25, 0.3) is 21.8 Å². The fraction of sp³-hybridized carbons (Fsp3) is 0.453. The first-order chi connectivity index (χ1) is 35.0. The van der Waals surface area contributed by atoms with Crippen LogP contribution >= 0.6 is 0 Å². The van der Waals surface area contributed by atoms with Gasteiger partial charge < -0.3 is 54.7 Å². The monoisotopic (exact) mass is 1010 g/mol. The maximum atomic E-state index is 15.2. The van der Waals surface area contributed by atoms with Crippen molar-refractivity contribution in [2.24, 2.45) is 0 Å². The molecular formula is C53H64F4N12O4. The highest BCUT2D eigenvalue weighted by Gasteiger charge is 2.33. The minimum absolute atomic E-state index is 0.157. The zero-order valence-corrected chi connectivity index (χ0v) is 42.5. The van der Waals surface area contributed by atoms with Crippen LogP contribution in [-0.2, 0) is 14.2 Å². The molecule has 0 saturated carbocycles. The van der Waals surface area contributed by atoms with Gasteiger partial charge in [-0.15, -0.1) is 0 Å². The van der Waals surface area contributed by atoms with Gasteiger partial charge in [0.25, 0.3) is 0 Å². The highest BCUT2D eigenvalue weighted by molar-refractivity contribution is 5.99. The highest BCUT2D eigenvalue weighted by Crippen LogP contribution is 2.39. The Hall–Kier alpha value is -6.77. The third-order valence-corrected chi connectivity index (χ3v) is 13.4. The number of hydrogen-bond donors (Lipinski definition) is 3. The Morgan fingerprint density at radius 3 is 1.58 bits per heavy atom. The summed E-state index contributed by atoms with van der Waals surface area (Å²) in [7, 11) is 0. The molecule has 1 amide bonds. The number of benzene rings is 2. The minimum Gasteiger partial charge on any atom is -0.444 e. The average molecular weight is 1010 g/mol. The number of nitrogens with zero attached hydrogens (tertiary/aromatic N) is 9. The van der Waals surface area contributed by atoms with Crippen LogP contribution in [0.2, 0.25) is 0 Å². The molecule has 4 saturated heterocycles. The van der Waals surface area contributed by atoms with Gasteiger partial charge in [-0.3, -0.25) is 9.97 Å². The normalized spacial score (nSPS) is 18.7. The van der Waals surface area contributed by atoms with Gasteiger partial charge in [-0.25, -0.2) is 32.3 Å². The first-order valence-corrected chi connectivity index (χ1v) is 24.9. The summed E-state index contributed by atoms with van der Waals surface area (Å²) in [6.07, 6.45) is 6.64. The van der Waals surface area contributed by atoms with Gasteiger partial charge in [0.1, 0.15) is 40.5 Å². The number of aromatic nitrogens is 4. The Balaban J connectivity index is 0.000000183. The number of fused-ring (bicyclic) bond motifs is 2. The van der Waals surface area contributed by atoms with Crippen molar-refractivity contribution >= 4 is 73.7 Å². The number of piperazine rings is 2. The number of amides is 1. The number of ether oxygens (including phenoxy) is 3. The summed E-state index contributed by atoms with van der Waals surface area (Å²) >= 11 is 0. The Morgan fingerprint density at radius 1 is 0.644 bits per heavy atom. The fourth-order valence-corrected chi connectivity index (χ4v) is 9.85. The predicted octanol–water partition coefficient (Wildman–Crippen LogP) is 8.84. The van der Waals surface area contributed by atoms with E-state index in [1.54, 1.807) is 23.5 Å². The first-order valence-electron chi connectivity index (χ1n) is 24.9. The number of anilines is 8. The SMILES string of the molecule is Cc1c(N2CCN(C(=O)OC(C)(C)C)[C@H](C)C2)nc2cc(F)cc(F)c2c1Nc1cncc(N2CCOCC2)c1.Cc1c(N2CCN[C@H](C)C2)nc2cc(F)cc(F)c2c1Nc1cncc(N2CCOCC2)c1. The van der Waals surface area contributed by atoms with Crippen molar-refractivity contribution in [1.82, 2.24) is 30.2 Å². The van der Waals surface area contributed by atoms with Gasteiger partial charge in [0.15, 0.2) is 0 Å². The van der Waals surface area contributed by atoms with E-state index < -0.39 is 28.9 Å². The molecule has 4 aliphatic rings. The summed E-state index contributed by atoms with van der Waals surface area (Å²) < 4.78 is 75.2. The number of morpholine rings is 2. The van der Waals surface area contributed by atoms with Crippen LogP contribution in [-0.4, -0.2) is 140 Å². The maximum Gasteiger partial charge on any atom is 0.410 e. The number of rotatable bonds is 8. The minimum atomic E-state index is -0.697. The van der Waals surface area contributed by atoms with Crippen LogP contribution in [0.15, 0.2) is 61.2 Å². The molecule has 8 heterocycles. The molecule has 4 fully saturated rings. The van der Waals surface area contributed by atoms with Gasteiger partial charge in [-0.2, -0.15) is 0 Å². The van der Waals surface area contributed by atoms with Crippen LogP contribution in [0.1, 0.15) is 45.7 Å². The summed E-state index contributed by atoms with van der Waals surface area (Å²) in [5, 5.41) is 10.7. The van der Waals surface area contributed by atoms with Crippen molar-refractivity contribution < 1.29 is 36.6 Å².